The van der Waals surface area contributed by atoms with Crippen molar-refractivity contribution in [3.63, 3.8) is 0 Å². The highest BCUT2D eigenvalue weighted by Gasteiger charge is 2.39. The lowest BCUT2D eigenvalue weighted by atomic mass is 9.95. The molecular formula is C14H15N3OS2. The van der Waals surface area contributed by atoms with Gasteiger partial charge in [-0.1, -0.05) is 0 Å². The van der Waals surface area contributed by atoms with E-state index in [1.54, 1.807) is 0 Å². The van der Waals surface area contributed by atoms with Crippen LogP contribution in [0.1, 0.15) is 28.9 Å². The SMILES string of the molecule is O=C(NC1CC2CCC1N2)c1ccc(-c2ccsn2)s1. The van der Waals surface area contributed by atoms with Gasteiger partial charge in [-0.25, -0.2) is 0 Å². The third kappa shape index (κ3) is 2.17. The van der Waals surface area contributed by atoms with Crippen molar-refractivity contribution >= 4 is 28.8 Å². The zero-order valence-corrected chi connectivity index (χ0v) is 12.5. The van der Waals surface area contributed by atoms with Crippen LogP contribution in [0.4, 0.5) is 0 Å². The van der Waals surface area contributed by atoms with Crippen LogP contribution < -0.4 is 10.6 Å². The fraction of sp³-hybridized carbons (Fsp3) is 0.429. The van der Waals surface area contributed by atoms with E-state index in [1.165, 1.54) is 35.7 Å². The number of nitrogens with one attached hydrogen (secondary N) is 2. The number of nitrogens with zero attached hydrogens (tertiary/aromatic N) is 1. The van der Waals surface area contributed by atoms with Crippen LogP contribution in [0, 0.1) is 0 Å². The number of hydrogen-bond donors (Lipinski definition) is 2. The van der Waals surface area contributed by atoms with Gasteiger partial charge in [0.2, 0.25) is 0 Å². The third-order valence-corrected chi connectivity index (χ3v) is 5.80. The van der Waals surface area contributed by atoms with Crippen molar-refractivity contribution < 1.29 is 4.79 Å². The molecule has 0 saturated carbocycles. The van der Waals surface area contributed by atoms with Gasteiger partial charge in [-0.15, -0.1) is 11.3 Å². The van der Waals surface area contributed by atoms with Crippen molar-refractivity contribution in [3.05, 3.63) is 28.5 Å². The van der Waals surface area contributed by atoms with Crippen LogP contribution in [0.15, 0.2) is 23.6 Å². The number of aromatic nitrogens is 1. The summed E-state index contributed by atoms with van der Waals surface area (Å²) in [5.74, 6) is 0.0517. The molecule has 0 radical (unpaired) electrons. The van der Waals surface area contributed by atoms with Crippen LogP contribution in [-0.2, 0) is 0 Å². The number of hydrogen-bond acceptors (Lipinski definition) is 5. The highest BCUT2D eigenvalue weighted by atomic mass is 32.1. The summed E-state index contributed by atoms with van der Waals surface area (Å²) in [5.41, 5.74) is 0.959. The van der Waals surface area contributed by atoms with Gasteiger partial charge in [0.15, 0.2) is 0 Å². The van der Waals surface area contributed by atoms with E-state index in [1.807, 2.05) is 23.6 Å². The molecule has 2 bridgehead atoms. The van der Waals surface area contributed by atoms with E-state index in [2.05, 4.69) is 15.0 Å². The van der Waals surface area contributed by atoms with Crippen molar-refractivity contribution in [2.45, 2.75) is 37.4 Å². The third-order valence-electron chi connectivity index (χ3n) is 4.14. The van der Waals surface area contributed by atoms with Gasteiger partial charge in [0.05, 0.1) is 15.4 Å². The minimum Gasteiger partial charge on any atom is -0.347 e. The topological polar surface area (TPSA) is 54.0 Å². The van der Waals surface area contributed by atoms with Gasteiger partial charge in [-0.3, -0.25) is 4.79 Å². The Morgan fingerprint density at radius 1 is 1.35 bits per heavy atom. The molecule has 0 spiro atoms. The molecule has 6 heteroatoms. The Morgan fingerprint density at radius 3 is 3.00 bits per heavy atom. The molecule has 104 valence electrons. The first-order valence-corrected chi connectivity index (χ1v) is 8.52. The maximum Gasteiger partial charge on any atom is 0.261 e. The summed E-state index contributed by atoms with van der Waals surface area (Å²) in [7, 11) is 0. The lowest BCUT2D eigenvalue weighted by molar-refractivity contribution is 0.0935. The Kier molecular flexibility index (Phi) is 3.09. The highest BCUT2D eigenvalue weighted by Crippen LogP contribution is 2.30. The Labute approximate surface area is 125 Å². The Hall–Kier alpha value is -1.24. The molecule has 2 aliphatic rings. The second-order valence-electron chi connectivity index (χ2n) is 5.41. The van der Waals surface area contributed by atoms with E-state index in [-0.39, 0.29) is 5.91 Å². The molecule has 20 heavy (non-hydrogen) atoms. The molecule has 2 saturated heterocycles. The monoisotopic (exact) mass is 305 g/mol. The molecule has 0 aliphatic carbocycles. The number of thiophene rings is 1. The average molecular weight is 305 g/mol. The van der Waals surface area contributed by atoms with Gasteiger partial charge in [0.25, 0.3) is 5.91 Å². The van der Waals surface area contributed by atoms with Crippen LogP contribution in [0.2, 0.25) is 0 Å². The maximum atomic E-state index is 12.3. The summed E-state index contributed by atoms with van der Waals surface area (Å²) in [6, 6.07) is 7.24. The quantitative estimate of drug-likeness (QED) is 0.916. The molecule has 3 atom stereocenters. The summed E-state index contributed by atoms with van der Waals surface area (Å²) >= 11 is 2.95. The van der Waals surface area contributed by atoms with Crippen LogP contribution in [0.5, 0.6) is 0 Å². The van der Waals surface area contributed by atoms with Gasteiger partial charge in [0, 0.05) is 23.5 Å². The summed E-state index contributed by atoms with van der Waals surface area (Å²) in [6.07, 6.45) is 3.51. The van der Waals surface area contributed by atoms with Crippen LogP contribution in [-0.4, -0.2) is 28.4 Å². The molecule has 4 nitrogen and oxygen atoms in total. The Morgan fingerprint density at radius 2 is 2.30 bits per heavy atom. The molecular weight excluding hydrogens is 290 g/mol. The number of carbonyl (C=O) groups excluding carboxylic acids is 1. The molecule has 2 aliphatic heterocycles. The summed E-state index contributed by atoms with van der Waals surface area (Å²) in [5, 5.41) is 8.67. The highest BCUT2D eigenvalue weighted by molar-refractivity contribution is 7.17. The zero-order valence-electron chi connectivity index (χ0n) is 10.8. The predicted molar refractivity (Wildman–Crippen MR) is 81.2 cm³/mol. The van der Waals surface area contributed by atoms with Crippen molar-refractivity contribution in [1.82, 2.24) is 15.0 Å². The fourth-order valence-electron chi connectivity index (χ4n) is 3.16. The van der Waals surface area contributed by atoms with E-state index in [4.69, 9.17) is 0 Å². The first-order chi connectivity index (χ1) is 9.79. The van der Waals surface area contributed by atoms with Gasteiger partial charge in [-0.05, 0) is 49.0 Å². The molecule has 0 aromatic carbocycles. The molecule has 1 amide bonds. The second-order valence-corrected chi connectivity index (χ2v) is 7.16. The molecule has 3 unspecified atom stereocenters. The van der Waals surface area contributed by atoms with E-state index >= 15 is 0 Å². The number of amides is 1. The van der Waals surface area contributed by atoms with Gasteiger partial charge < -0.3 is 10.6 Å². The van der Waals surface area contributed by atoms with Crippen molar-refractivity contribution in [3.8, 4) is 10.6 Å². The first-order valence-electron chi connectivity index (χ1n) is 6.87. The number of carbonyl (C=O) groups is 1. The lowest BCUT2D eigenvalue weighted by Crippen LogP contribution is -2.42. The van der Waals surface area contributed by atoms with E-state index in [9.17, 15) is 4.79 Å². The molecule has 2 N–H and O–H groups in total. The normalized spacial score (nSPS) is 27.9. The molecule has 4 rings (SSSR count). The minimum absolute atomic E-state index is 0.0517. The summed E-state index contributed by atoms with van der Waals surface area (Å²) in [6.45, 7) is 0. The predicted octanol–water partition coefficient (Wildman–Crippen LogP) is 2.49. The van der Waals surface area contributed by atoms with Crippen LogP contribution in [0.25, 0.3) is 10.6 Å². The van der Waals surface area contributed by atoms with Crippen LogP contribution >= 0.6 is 22.9 Å². The molecule has 2 fully saturated rings. The summed E-state index contributed by atoms with van der Waals surface area (Å²) < 4.78 is 4.30. The van der Waals surface area contributed by atoms with Crippen molar-refractivity contribution in [2.24, 2.45) is 0 Å². The summed E-state index contributed by atoms with van der Waals surface area (Å²) in [4.78, 5) is 14.1. The van der Waals surface area contributed by atoms with Gasteiger partial charge in [-0.2, -0.15) is 4.37 Å². The largest absolute Gasteiger partial charge is 0.347 e. The van der Waals surface area contributed by atoms with Gasteiger partial charge in [0.1, 0.15) is 0 Å². The van der Waals surface area contributed by atoms with Gasteiger partial charge >= 0.3 is 0 Å². The Bertz CT molecular complexity index is 622. The standard InChI is InChI=1S/C14H15N3OS2/c18-14(16-11-7-8-1-2-9(11)15-8)13-4-3-12(20-13)10-5-6-19-17-10/h3-6,8-9,11,15H,1-2,7H2,(H,16,18). The minimum atomic E-state index is 0.0517. The number of rotatable bonds is 3. The molecule has 4 heterocycles. The van der Waals surface area contributed by atoms with E-state index < -0.39 is 0 Å². The second kappa shape index (κ2) is 4.95. The maximum absolute atomic E-state index is 12.3. The van der Waals surface area contributed by atoms with E-state index in [0.717, 1.165) is 21.9 Å². The molecule has 2 aromatic heterocycles. The zero-order chi connectivity index (χ0) is 13.5. The number of fused-ring (bicyclic) bond motifs is 2. The first kappa shape index (κ1) is 12.5. The average Bonchev–Trinajstić information content (AvgIpc) is 3.21. The fourth-order valence-corrected chi connectivity index (χ4v) is 4.62. The molecule has 2 aromatic rings. The van der Waals surface area contributed by atoms with E-state index in [0.29, 0.717) is 18.1 Å². The van der Waals surface area contributed by atoms with Crippen molar-refractivity contribution in [2.75, 3.05) is 0 Å². The van der Waals surface area contributed by atoms with Crippen LogP contribution in [0.3, 0.4) is 0 Å². The van der Waals surface area contributed by atoms with Crippen molar-refractivity contribution in [1.29, 1.82) is 0 Å². The lowest BCUT2D eigenvalue weighted by Gasteiger charge is -2.20. The Balaban J connectivity index is 1.46. The smallest absolute Gasteiger partial charge is 0.261 e.